The monoisotopic (exact) mass is 576 g/mol. The third kappa shape index (κ3) is 4.96. The minimum atomic E-state index is -1.14. The number of aliphatic hydroxyl groups is 2. The number of carbonyl (C=O) groups excluding carboxylic acids is 2. The molecule has 1 saturated carbocycles. The lowest BCUT2D eigenvalue weighted by molar-refractivity contribution is -0.173. The zero-order valence-corrected chi connectivity index (χ0v) is 24.0. The van der Waals surface area contributed by atoms with E-state index in [0.29, 0.717) is 0 Å². The highest BCUT2D eigenvalue weighted by Gasteiger charge is 2.71. The van der Waals surface area contributed by atoms with Gasteiger partial charge in [0, 0.05) is 50.9 Å². The van der Waals surface area contributed by atoms with E-state index in [1.165, 1.54) is 39.9 Å². The molecule has 11 nitrogen and oxygen atoms in total. The van der Waals surface area contributed by atoms with Crippen LogP contribution in [0.25, 0.3) is 0 Å². The number of carbonyl (C=O) groups is 2. The number of rotatable bonds is 9. The summed E-state index contributed by atoms with van der Waals surface area (Å²) < 4.78 is 40.2. The predicted octanol–water partition coefficient (Wildman–Crippen LogP) is 1.78. The molecule has 0 amide bonds. The lowest BCUT2D eigenvalue weighted by Crippen LogP contribution is -2.59. The lowest BCUT2D eigenvalue weighted by atomic mass is 9.56. The van der Waals surface area contributed by atoms with Gasteiger partial charge in [-0.25, -0.2) is 4.79 Å². The summed E-state index contributed by atoms with van der Waals surface area (Å²) in [5, 5.41) is 22.8. The maximum absolute atomic E-state index is 13.8. The van der Waals surface area contributed by atoms with Gasteiger partial charge in [0.1, 0.15) is 36.3 Å². The first-order valence-electron chi connectivity index (χ1n) is 14.0. The maximum atomic E-state index is 13.8. The van der Waals surface area contributed by atoms with E-state index in [-0.39, 0.29) is 31.3 Å². The van der Waals surface area contributed by atoms with Gasteiger partial charge in [0.15, 0.2) is 0 Å². The SMILES string of the molecule is COC[C@@H](O)[C@H]1OC(=O)[C@H](COC)[C@H]2C=C[C@@H]3[C@H]4[C@H](O)[C@@H](COC)C(OC(=O)c5ccoc5)[C@@H]3O[C@]42/C(C)=C/[C@H]1C. The molecule has 4 aliphatic rings. The van der Waals surface area contributed by atoms with Gasteiger partial charge >= 0.3 is 11.9 Å². The summed E-state index contributed by atoms with van der Waals surface area (Å²) in [5.41, 5.74) is -0.0896. The molecule has 1 spiro atoms. The Morgan fingerprint density at radius 3 is 2.56 bits per heavy atom. The third-order valence-electron chi connectivity index (χ3n) is 9.27. The molecule has 1 aromatic heterocycles. The van der Waals surface area contributed by atoms with Crippen LogP contribution in [0.4, 0.5) is 0 Å². The first-order valence-corrected chi connectivity index (χ1v) is 14.0. The van der Waals surface area contributed by atoms with Crippen molar-refractivity contribution in [2.24, 2.45) is 35.5 Å². The normalized spacial score (nSPS) is 41.7. The molecule has 41 heavy (non-hydrogen) atoms. The summed E-state index contributed by atoms with van der Waals surface area (Å²) in [6.45, 7) is 3.94. The lowest BCUT2D eigenvalue weighted by Gasteiger charge is -2.49. The second-order valence-electron chi connectivity index (χ2n) is 11.6. The van der Waals surface area contributed by atoms with Crippen LogP contribution in [0.5, 0.6) is 0 Å². The van der Waals surface area contributed by atoms with Gasteiger partial charge in [0.2, 0.25) is 0 Å². The van der Waals surface area contributed by atoms with Crippen LogP contribution in [0.15, 0.2) is 46.8 Å². The number of aliphatic hydroxyl groups excluding tert-OH is 2. The number of cyclic esters (lactones) is 1. The minimum absolute atomic E-state index is 0.0109. The molecule has 5 rings (SSSR count). The molecule has 3 heterocycles. The van der Waals surface area contributed by atoms with Crippen LogP contribution in [0, 0.1) is 35.5 Å². The van der Waals surface area contributed by atoms with Crippen molar-refractivity contribution < 1.29 is 52.6 Å². The summed E-state index contributed by atoms with van der Waals surface area (Å²) in [4.78, 5) is 26.8. The van der Waals surface area contributed by atoms with E-state index in [2.05, 4.69) is 0 Å². The summed E-state index contributed by atoms with van der Waals surface area (Å²) >= 11 is 0. The van der Waals surface area contributed by atoms with Crippen molar-refractivity contribution in [1.82, 2.24) is 0 Å². The zero-order chi connectivity index (χ0) is 29.5. The van der Waals surface area contributed by atoms with E-state index in [9.17, 15) is 19.8 Å². The minimum Gasteiger partial charge on any atom is -0.472 e. The fraction of sp³-hybridized carbons (Fsp3) is 0.667. The summed E-state index contributed by atoms with van der Waals surface area (Å²) in [5.74, 6) is -4.26. The molecule has 1 aromatic rings. The van der Waals surface area contributed by atoms with Crippen LogP contribution in [0.1, 0.15) is 24.2 Å². The Hall–Kier alpha value is -2.54. The number of furan rings is 1. The smallest absolute Gasteiger partial charge is 0.341 e. The molecule has 0 aromatic carbocycles. The zero-order valence-electron chi connectivity index (χ0n) is 24.0. The molecule has 2 fully saturated rings. The van der Waals surface area contributed by atoms with Crippen molar-refractivity contribution in [3.63, 3.8) is 0 Å². The maximum Gasteiger partial charge on any atom is 0.341 e. The molecule has 0 radical (unpaired) electrons. The van der Waals surface area contributed by atoms with Gasteiger partial charge in [-0.1, -0.05) is 25.2 Å². The second kappa shape index (κ2) is 12.0. The molecular formula is C30H40O11. The van der Waals surface area contributed by atoms with Crippen LogP contribution in [0.2, 0.25) is 0 Å². The number of hydrogen-bond donors (Lipinski definition) is 2. The molecule has 2 aliphatic heterocycles. The van der Waals surface area contributed by atoms with Crippen molar-refractivity contribution >= 4 is 11.9 Å². The van der Waals surface area contributed by atoms with Crippen LogP contribution < -0.4 is 0 Å². The van der Waals surface area contributed by atoms with Gasteiger partial charge in [-0.15, -0.1) is 0 Å². The molecule has 4 bridgehead atoms. The van der Waals surface area contributed by atoms with Crippen LogP contribution in [-0.4, -0.2) is 99.4 Å². The van der Waals surface area contributed by atoms with Crippen LogP contribution in [0.3, 0.4) is 0 Å². The highest BCUT2D eigenvalue weighted by molar-refractivity contribution is 5.89. The fourth-order valence-corrected chi connectivity index (χ4v) is 7.57. The quantitative estimate of drug-likeness (QED) is 0.328. The Balaban J connectivity index is 1.61. The Morgan fingerprint density at radius 1 is 1.15 bits per heavy atom. The first-order chi connectivity index (χ1) is 19.7. The average Bonchev–Trinajstić information content (AvgIpc) is 3.54. The highest BCUT2D eigenvalue weighted by atomic mass is 16.6. The van der Waals surface area contributed by atoms with E-state index in [1.807, 2.05) is 32.1 Å². The van der Waals surface area contributed by atoms with Gasteiger partial charge in [-0.2, -0.15) is 0 Å². The van der Waals surface area contributed by atoms with Crippen molar-refractivity contribution in [3.05, 3.63) is 48.0 Å². The first kappa shape index (κ1) is 29.9. The van der Waals surface area contributed by atoms with Crippen molar-refractivity contribution in [1.29, 1.82) is 0 Å². The molecule has 2 N–H and O–H groups in total. The van der Waals surface area contributed by atoms with Crippen molar-refractivity contribution in [3.8, 4) is 0 Å². The highest BCUT2D eigenvalue weighted by Crippen LogP contribution is 2.62. The molecule has 226 valence electrons. The van der Waals surface area contributed by atoms with Crippen molar-refractivity contribution in [2.75, 3.05) is 41.2 Å². The van der Waals surface area contributed by atoms with Crippen molar-refractivity contribution in [2.45, 2.75) is 50.0 Å². The average molecular weight is 577 g/mol. The summed E-state index contributed by atoms with van der Waals surface area (Å²) in [6.07, 6.45) is 4.16. The van der Waals surface area contributed by atoms with Crippen LogP contribution in [-0.2, 0) is 33.2 Å². The van der Waals surface area contributed by atoms with Crippen LogP contribution >= 0.6 is 0 Å². The Bertz CT molecular complexity index is 1150. The molecule has 1 saturated heterocycles. The Morgan fingerprint density at radius 2 is 1.90 bits per heavy atom. The van der Waals surface area contributed by atoms with Gasteiger partial charge in [0.05, 0.1) is 43.7 Å². The third-order valence-corrected chi connectivity index (χ3v) is 9.27. The van der Waals surface area contributed by atoms with E-state index >= 15 is 0 Å². The number of ether oxygens (including phenoxy) is 6. The van der Waals surface area contributed by atoms with Gasteiger partial charge < -0.3 is 43.1 Å². The van der Waals surface area contributed by atoms with E-state index in [0.717, 1.165) is 5.57 Å². The molecule has 11 heteroatoms. The standard InChI is InChI=1S/C30H40O11/c1-15-10-16(2)30-21(19(12-35-3)29(34)39-25(15)22(31)14-37-5)7-6-18-23(30)24(32)20(13-36-4)26(27(18)41-30)40-28(33)17-8-9-38-11-17/h6-11,15,18-27,31-32H,12-14H2,1-5H3/b16-10+/t15-,18-,19-,20-,21-,22-,23+,24-,25+,26?,27-,30+/m1/s1. The number of hydrogen-bond acceptors (Lipinski definition) is 11. The molecule has 1 unspecified atom stereocenters. The Labute approximate surface area is 239 Å². The molecular weight excluding hydrogens is 536 g/mol. The molecule has 2 aliphatic carbocycles. The van der Waals surface area contributed by atoms with Gasteiger partial charge in [-0.05, 0) is 18.6 Å². The Kier molecular flexibility index (Phi) is 8.75. The second-order valence-corrected chi connectivity index (χ2v) is 11.6. The predicted molar refractivity (Wildman–Crippen MR) is 143 cm³/mol. The van der Waals surface area contributed by atoms with Gasteiger partial charge in [0.25, 0.3) is 0 Å². The molecule has 12 atom stereocenters. The fourth-order valence-electron chi connectivity index (χ4n) is 7.57. The van der Waals surface area contributed by atoms with Gasteiger partial charge in [-0.3, -0.25) is 4.79 Å². The number of methoxy groups -OCH3 is 3. The topological polar surface area (TPSA) is 143 Å². The largest absolute Gasteiger partial charge is 0.472 e. The summed E-state index contributed by atoms with van der Waals surface area (Å²) in [6, 6.07) is 1.51. The number of esters is 2. The van der Waals surface area contributed by atoms with E-state index in [4.69, 9.17) is 32.8 Å². The van der Waals surface area contributed by atoms with E-state index in [1.54, 1.807) is 0 Å². The summed E-state index contributed by atoms with van der Waals surface area (Å²) in [7, 11) is 4.51. The van der Waals surface area contributed by atoms with E-state index < -0.39 is 77.6 Å².